The zero-order valence-electron chi connectivity index (χ0n) is 9.08. The number of carboxylic acids is 1. The summed E-state index contributed by atoms with van der Waals surface area (Å²) in [6.07, 6.45) is -1.28. The third-order valence-electron chi connectivity index (χ3n) is 2.13. The van der Waals surface area contributed by atoms with Crippen LogP contribution < -0.4 is 11.5 Å². The van der Waals surface area contributed by atoms with Crippen molar-refractivity contribution < 1.29 is 19.4 Å². The molecule has 0 bridgehead atoms. The summed E-state index contributed by atoms with van der Waals surface area (Å²) in [6, 6.07) is 8.90. The van der Waals surface area contributed by atoms with Gasteiger partial charge in [-0.2, -0.15) is 0 Å². The number of hydrogen-bond acceptors (Lipinski definition) is 5. The monoisotopic (exact) mass is 238 g/mol. The fourth-order valence-electron chi connectivity index (χ4n) is 1.24. The summed E-state index contributed by atoms with van der Waals surface area (Å²) < 4.78 is 4.83. The van der Waals surface area contributed by atoms with Crippen LogP contribution in [0, 0.1) is 5.92 Å². The second-order valence-corrected chi connectivity index (χ2v) is 3.49. The molecule has 1 aromatic rings. The van der Waals surface area contributed by atoms with E-state index in [2.05, 4.69) is 0 Å². The molecule has 92 valence electrons. The molecule has 0 aliphatic rings. The predicted molar refractivity (Wildman–Crippen MR) is 59.5 cm³/mol. The van der Waals surface area contributed by atoms with Crippen LogP contribution in [-0.4, -0.2) is 23.2 Å². The van der Waals surface area contributed by atoms with E-state index in [1.165, 1.54) is 0 Å². The molecule has 1 atom stereocenters. The lowest BCUT2D eigenvalue weighted by Crippen LogP contribution is -2.47. The minimum Gasteiger partial charge on any atom is -0.481 e. The van der Waals surface area contributed by atoms with Gasteiger partial charge in [0.2, 0.25) is 0 Å². The lowest BCUT2D eigenvalue weighted by molar-refractivity contribution is -0.160. The van der Waals surface area contributed by atoms with E-state index in [-0.39, 0.29) is 6.61 Å². The highest BCUT2D eigenvalue weighted by Crippen LogP contribution is 2.06. The number of hydrogen-bond donors (Lipinski definition) is 3. The molecule has 0 saturated heterocycles. The van der Waals surface area contributed by atoms with E-state index in [4.69, 9.17) is 21.3 Å². The van der Waals surface area contributed by atoms with Crippen molar-refractivity contribution in [3.8, 4) is 0 Å². The number of carbonyl (C=O) groups is 2. The maximum Gasteiger partial charge on any atom is 0.323 e. The molecule has 1 aromatic carbocycles. The largest absolute Gasteiger partial charge is 0.481 e. The highest BCUT2D eigenvalue weighted by Gasteiger charge is 2.32. The number of carbonyl (C=O) groups excluding carboxylic acids is 1. The Morgan fingerprint density at radius 2 is 1.82 bits per heavy atom. The van der Waals surface area contributed by atoms with Gasteiger partial charge in [-0.3, -0.25) is 9.59 Å². The Kier molecular flexibility index (Phi) is 4.62. The van der Waals surface area contributed by atoms with E-state index in [1.54, 1.807) is 24.3 Å². The van der Waals surface area contributed by atoms with Crippen LogP contribution in [0.5, 0.6) is 0 Å². The Morgan fingerprint density at radius 1 is 1.24 bits per heavy atom. The summed E-state index contributed by atoms with van der Waals surface area (Å²) in [5, 5.41) is 8.75. The standard InChI is InChI=1S/C11H14N2O4/c12-9(13)8(10(14)15)11(16)17-6-7-4-2-1-3-5-7/h1-5,8-9H,6,12-13H2,(H,14,15)/t8-/m1/s1. The normalized spacial score (nSPS) is 12.2. The fraction of sp³-hybridized carbons (Fsp3) is 0.273. The lowest BCUT2D eigenvalue weighted by atomic mass is 10.1. The van der Waals surface area contributed by atoms with Gasteiger partial charge in [0, 0.05) is 0 Å². The number of ether oxygens (including phenoxy) is 1. The SMILES string of the molecule is NC(N)[C@H](C(=O)O)C(=O)OCc1ccccc1. The van der Waals surface area contributed by atoms with Gasteiger partial charge in [-0.05, 0) is 5.56 Å². The highest BCUT2D eigenvalue weighted by atomic mass is 16.5. The first-order valence-corrected chi connectivity index (χ1v) is 4.97. The third kappa shape index (κ3) is 3.86. The Labute approximate surface area is 98.2 Å². The van der Waals surface area contributed by atoms with Gasteiger partial charge in [0.15, 0.2) is 5.92 Å². The minimum atomic E-state index is -1.54. The summed E-state index contributed by atoms with van der Waals surface area (Å²) in [5.41, 5.74) is 11.2. The Hall–Kier alpha value is -1.92. The van der Waals surface area contributed by atoms with Gasteiger partial charge in [-0.25, -0.2) is 0 Å². The van der Waals surface area contributed by atoms with Gasteiger partial charge in [-0.15, -0.1) is 0 Å². The first-order chi connectivity index (χ1) is 8.02. The van der Waals surface area contributed by atoms with E-state index in [0.717, 1.165) is 5.56 Å². The van der Waals surface area contributed by atoms with Gasteiger partial charge in [-0.1, -0.05) is 30.3 Å². The molecule has 17 heavy (non-hydrogen) atoms. The van der Waals surface area contributed by atoms with Crippen LogP contribution >= 0.6 is 0 Å². The molecular formula is C11H14N2O4. The van der Waals surface area contributed by atoms with Gasteiger partial charge in [0.05, 0.1) is 6.17 Å². The fourth-order valence-corrected chi connectivity index (χ4v) is 1.24. The van der Waals surface area contributed by atoms with Crippen LogP contribution in [0.3, 0.4) is 0 Å². The highest BCUT2D eigenvalue weighted by molar-refractivity contribution is 5.94. The summed E-state index contributed by atoms with van der Waals surface area (Å²) in [7, 11) is 0. The van der Waals surface area contributed by atoms with E-state index in [1.807, 2.05) is 6.07 Å². The maximum absolute atomic E-state index is 11.4. The van der Waals surface area contributed by atoms with Gasteiger partial charge in [0.1, 0.15) is 6.61 Å². The molecular weight excluding hydrogens is 224 g/mol. The van der Waals surface area contributed by atoms with E-state index in [0.29, 0.717) is 0 Å². The molecule has 0 spiro atoms. The zero-order valence-corrected chi connectivity index (χ0v) is 9.08. The van der Waals surface area contributed by atoms with Gasteiger partial charge in [0.25, 0.3) is 0 Å². The zero-order chi connectivity index (χ0) is 12.8. The van der Waals surface area contributed by atoms with Gasteiger partial charge >= 0.3 is 11.9 Å². The summed E-state index contributed by atoms with van der Waals surface area (Å²) in [4.78, 5) is 22.2. The second-order valence-electron chi connectivity index (χ2n) is 3.49. The molecule has 0 amide bonds. The van der Waals surface area contributed by atoms with Crippen LogP contribution in [0.2, 0.25) is 0 Å². The average molecular weight is 238 g/mol. The summed E-state index contributed by atoms with van der Waals surface area (Å²) >= 11 is 0. The minimum absolute atomic E-state index is 0.00380. The van der Waals surface area contributed by atoms with E-state index >= 15 is 0 Å². The Morgan fingerprint density at radius 3 is 2.29 bits per heavy atom. The topological polar surface area (TPSA) is 116 Å². The third-order valence-corrected chi connectivity index (χ3v) is 2.13. The predicted octanol–water partition coefficient (Wildman–Crippen LogP) is -0.326. The van der Waals surface area contributed by atoms with Crippen LogP contribution in [0.25, 0.3) is 0 Å². The lowest BCUT2D eigenvalue weighted by Gasteiger charge is -2.14. The van der Waals surface area contributed by atoms with Gasteiger partial charge < -0.3 is 21.3 Å². The van der Waals surface area contributed by atoms with Crippen LogP contribution in [0.1, 0.15) is 5.56 Å². The molecule has 6 nitrogen and oxygen atoms in total. The smallest absolute Gasteiger partial charge is 0.323 e. The molecule has 0 radical (unpaired) electrons. The van der Waals surface area contributed by atoms with Crippen molar-refractivity contribution in [1.82, 2.24) is 0 Å². The average Bonchev–Trinajstić information content (AvgIpc) is 2.27. The molecule has 0 unspecified atom stereocenters. The first-order valence-electron chi connectivity index (χ1n) is 4.97. The number of benzene rings is 1. The second kappa shape index (κ2) is 5.97. The van der Waals surface area contributed by atoms with Crippen molar-refractivity contribution in [3.05, 3.63) is 35.9 Å². The Balaban J connectivity index is 2.57. The molecule has 0 aromatic heterocycles. The van der Waals surface area contributed by atoms with E-state index < -0.39 is 24.0 Å². The van der Waals surface area contributed by atoms with Crippen molar-refractivity contribution in [1.29, 1.82) is 0 Å². The molecule has 0 fully saturated rings. The maximum atomic E-state index is 11.4. The molecule has 0 aliphatic carbocycles. The number of aliphatic carboxylic acids is 1. The molecule has 0 aliphatic heterocycles. The first kappa shape index (κ1) is 13.1. The molecule has 6 heteroatoms. The molecule has 0 heterocycles. The van der Waals surface area contributed by atoms with Crippen molar-refractivity contribution >= 4 is 11.9 Å². The van der Waals surface area contributed by atoms with Crippen molar-refractivity contribution in [3.63, 3.8) is 0 Å². The van der Waals surface area contributed by atoms with Crippen molar-refractivity contribution in [2.45, 2.75) is 12.8 Å². The van der Waals surface area contributed by atoms with Crippen molar-refractivity contribution in [2.24, 2.45) is 17.4 Å². The molecule has 1 rings (SSSR count). The summed E-state index contributed by atoms with van der Waals surface area (Å²) in [6.45, 7) is -0.00380. The van der Waals surface area contributed by atoms with Crippen LogP contribution in [0.15, 0.2) is 30.3 Å². The number of rotatable bonds is 5. The van der Waals surface area contributed by atoms with Crippen LogP contribution in [-0.2, 0) is 20.9 Å². The number of esters is 1. The number of nitrogens with two attached hydrogens (primary N) is 2. The van der Waals surface area contributed by atoms with E-state index in [9.17, 15) is 9.59 Å². The Bertz CT molecular complexity index is 392. The van der Waals surface area contributed by atoms with Crippen LogP contribution in [0.4, 0.5) is 0 Å². The summed E-state index contributed by atoms with van der Waals surface area (Å²) in [5.74, 6) is -3.87. The number of carboxylic acid groups (broad SMARTS) is 1. The molecule has 0 saturated carbocycles. The van der Waals surface area contributed by atoms with Crippen molar-refractivity contribution in [2.75, 3.05) is 0 Å². The molecule has 5 N–H and O–H groups in total. The quantitative estimate of drug-likeness (QED) is 0.367.